The van der Waals surface area contributed by atoms with Crippen molar-refractivity contribution in [2.75, 3.05) is 17.8 Å². The smallest absolute Gasteiger partial charge is 0.0266 e. The molecule has 1 rings (SSSR count). The lowest BCUT2D eigenvalue weighted by molar-refractivity contribution is 0.817. The Kier molecular flexibility index (Phi) is 5.45. The number of hydrogen-bond acceptors (Lipinski definition) is 3. The highest BCUT2D eigenvalue weighted by atomic mass is 32.2. The first-order valence-electron chi connectivity index (χ1n) is 4.71. The van der Waals surface area contributed by atoms with E-state index in [-0.39, 0.29) is 6.04 Å². The first-order chi connectivity index (χ1) is 6.74. The monoisotopic (exact) mass is 227 g/mol. The minimum absolute atomic E-state index is 0.139. The third-order valence-electron chi connectivity index (χ3n) is 1.96. The summed E-state index contributed by atoms with van der Waals surface area (Å²) in [4.78, 5) is 1.34. The van der Waals surface area contributed by atoms with Crippen LogP contribution in [0.2, 0.25) is 0 Å². The van der Waals surface area contributed by atoms with Gasteiger partial charge in [0.1, 0.15) is 0 Å². The van der Waals surface area contributed by atoms with Gasteiger partial charge in [-0.15, -0.1) is 11.8 Å². The van der Waals surface area contributed by atoms with E-state index >= 15 is 0 Å². The summed E-state index contributed by atoms with van der Waals surface area (Å²) in [6, 6.07) is 8.69. The lowest BCUT2D eigenvalue weighted by atomic mass is 10.1. The number of benzene rings is 1. The summed E-state index contributed by atoms with van der Waals surface area (Å²) in [6.45, 7) is 2.01. The molecule has 0 saturated heterocycles. The van der Waals surface area contributed by atoms with Gasteiger partial charge in [-0.3, -0.25) is 0 Å². The first-order valence-corrected chi connectivity index (χ1v) is 7.09. The van der Waals surface area contributed by atoms with Gasteiger partial charge in [0.15, 0.2) is 0 Å². The quantitative estimate of drug-likeness (QED) is 0.618. The number of nitrogens with two attached hydrogens (primary N) is 1. The Morgan fingerprint density at radius 1 is 1.21 bits per heavy atom. The Labute approximate surface area is 94.8 Å². The van der Waals surface area contributed by atoms with Gasteiger partial charge in [-0.1, -0.05) is 12.1 Å². The van der Waals surface area contributed by atoms with Crippen LogP contribution in [0.25, 0.3) is 0 Å². The zero-order chi connectivity index (χ0) is 10.4. The van der Waals surface area contributed by atoms with Crippen molar-refractivity contribution in [1.82, 2.24) is 0 Å². The molecule has 0 aromatic heterocycles. The maximum atomic E-state index is 5.78. The second kappa shape index (κ2) is 6.38. The summed E-state index contributed by atoms with van der Waals surface area (Å²) >= 11 is 3.79. The van der Waals surface area contributed by atoms with Gasteiger partial charge in [0, 0.05) is 22.4 Å². The topological polar surface area (TPSA) is 26.0 Å². The molecule has 0 spiro atoms. The van der Waals surface area contributed by atoms with Crippen LogP contribution >= 0.6 is 23.5 Å². The fraction of sp³-hybridized carbons (Fsp3) is 0.455. The molecule has 0 aliphatic rings. The van der Waals surface area contributed by atoms with Crippen molar-refractivity contribution in [1.29, 1.82) is 0 Å². The maximum absolute atomic E-state index is 5.78. The second-order valence-corrected chi connectivity index (χ2v) is 5.35. The van der Waals surface area contributed by atoms with Crippen molar-refractivity contribution in [3.05, 3.63) is 29.8 Å². The largest absolute Gasteiger partial charge is 0.324 e. The van der Waals surface area contributed by atoms with E-state index in [1.807, 2.05) is 30.4 Å². The summed E-state index contributed by atoms with van der Waals surface area (Å²) in [7, 11) is 0. The van der Waals surface area contributed by atoms with Crippen LogP contribution in [0, 0.1) is 0 Å². The molecule has 1 aromatic rings. The van der Waals surface area contributed by atoms with Gasteiger partial charge < -0.3 is 5.73 Å². The van der Waals surface area contributed by atoms with Crippen LogP contribution in [0.4, 0.5) is 0 Å². The Balaban J connectivity index is 2.47. The van der Waals surface area contributed by atoms with E-state index < -0.39 is 0 Å². The van der Waals surface area contributed by atoms with E-state index in [2.05, 4.69) is 30.5 Å². The van der Waals surface area contributed by atoms with Crippen LogP contribution in [0.1, 0.15) is 18.5 Å². The Hall–Kier alpha value is -0.120. The fourth-order valence-electron chi connectivity index (χ4n) is 1.11. The minimum atomic E-state index is 0.139. The van der Waals surface area contributed by atoms with Crippen molar-refractivity contribution in [2.45, 2.75) is 17.9 Å². The standard InChI is InChI=1S/C11H17NS2/c1-9(12)10-3-5-11(6-4-10)14-8-7-13-2/h3-6,9H,7-8,12H2,1-2H3. The van der Waals surface area contributed by atoms with Gasteiger partial charge in [0.05, 0.1) is 0 Å². The number of thioether (sulfide) groups is 2. The molecular weight excluding hydrogens is 210 g/mol. The van der Waals surface area contributed by atoms with Crippen molar-refractivity contribution < 1.29 is 0 Å². The van der Waals surface area contributed by atoms with Crippen LogP contribution in [0.5, 0.6) is 0 Å². The summed E-state index contributed by atoms with van der Waals surface area (Å²) < 4.78 is 0. The summed E-state index contributed by atoms with van der Waals surface area (Å²) in [6.07, 6.45) is 2.14. The number of hydrogen-bond donors (Lipinski definition) is 1. The lowest BCUT2D eigenvalue weighted by Gasteiger charge is -2.06. The molecule has 1 unspecified atom stereocenters. The van der Waals surface area contributed by atoms with Gasteiger partial charge >= 0.3 is 0 Å². The normalized spacial score (nSPS) is 12.8. The molecule has 0 aliphatic carbocycles. The molecule has 0 heterocycles. The highest BCUT2D eigenvalue weighted by molar-refractivity contribution is 8.02. The molecule has 0 fully saturated rings. The molecule has 1 atom stereocenters. The van der Waals surface area contributed by atoms with Crippen molar-refractivity contribution in [2.24, 2.45) is 5.73 Å². The van der Waals surface area contributed by atoms with Crippen LogP contribution in [-0.2, 0) is 0 Å². The molecule has 78 valence electrons. The number of rotatable bonds is 5. The zero-order valence-electron chi connectivity index (χ0n) is 8.69. The van der Waals surface area contributed by atoms with Crippen LogP contribution < -0.4 is 5.73 Å². The molecule has 0 aliphatic heterocycles. The van der Waals surface area contributed by atoms with Gasteiger partial charge in [0.2, 0.25) is 0 Å². The van der Waals surface area contributed by atoms with Gasteiger partial charge in [-0.25, -0.2) is 0 Å². The average molecular weight is 227 g/mol. The molecule has 2 N–H and O–H groups in total. The molecule has 3 heteroatoms. The molecule has 14 heavy (non-hydrogen) atoms. The molecular formula is C11H17NS2. The fourth-order valence-corrected chi connectivity index (χ4v) is 2.67. The van der Waals surface area contributed by atoms with E-state index in [0.29, 0.717) is 0 Å². The highest BCUT2D eigenvalue weighted by Gasteiger charge is 1.98. The van der Waals surface area contributed by atoms with Crippen molar-refractivity contribution in [3.8, 4) is 0 Å². The van der Waals surface area contributed by atoms with E-state index in [4.69, 9.17) is 5.73 Å². The molecule has 0 amide bonds. The average Bonchev–Trinajstić information content (AvgIpc) is 2.19. The summed E-state index contributed by atoms with van der Waals surface area (Å²) in [5, 5.41) is 0. The van der Waals surface area contributed by atoms with E-state index in [0.717, 1.165) is 0 Å². The van der Waals surface area contributed by atoms with Gasteiger partial charge in [0.25, 0.3) is 0 Å². The van der Waals surface area contributed by atoms with Crippen LogP contribution in [-0.4, -0.2) is 17.8 Å². The molecule has 0 bridgehead atoms. The Morgan fingerprint density at radius 2 is 1.86 bits per heavy atom. The predicted molar refractivity (Wildman–Crippen MR) is 68.2 cm³/mol. The Morgan fingerprint density at radius 3 is 2.36 bits per heavy atom. The zero-order valence-corrected chi connectivity index (χ0v) is 10.3. The first kappa shape index (κ1) is 12.0. The van der Waals surface area contributed by atoms with Gasteiger partial charge in [-0.05, 0) is 30.9 Å². The molecule has 1 nitrogen and oxygen atoms in total. The van der Waals surface area contributed by atoms with Crippen LogP contribution in [0.3, 0.4) is 0 Å². The molecule has 1 aromatic carbocycles. The highest BCUT2D eigenvalue weighted by Crippen LogP contribution is 2.20. The molecule has 0 saturated carbocycles. The third-order valence-corrected chi connectivity index (χ3v) is 3.85. The predicted octanol–water partition coefficient (Wildman–Crippen LogP) is 3.16. The van der Waals surface area contributed by atoms with E-state index in [9.17, 15) is 0 Å². The third kappa shape index (κ3) is 3.95. The van der Waals surface area contributed by atoms with Crippen molar-refractivity contribution in [3.63, 3.8) is 0 Å². The summed E-state index contributed by atoms with van der Waals surface area (Å²) in [5.41, 5.74) is 6.98. The van der Waals surface area contributed by atoms with Gasteiger partial charge in [-0.2, -0.15) is 11.8 Å². The van der Waals surface area contributed by atoms with E-state index in [1.165, 1.54) is 22.0 Å². The Bertz CT molecular complexity index is 256. The second-order valence-electron chi connectivity index (χ2n) is 3.20. The lowest BCUT2D eigenvalue weighted by Crippen LogP contribution is -2.04. The van der Waals surface area contributed by atoms with Crippen LogP contribution in [0.15, 0.2) is 29.2 Å². The van der Waals surface area contributed by atoms with Crippen molar-refractivity contribution >= 4 is 23.5 Å². The SMILES string of the molecule is CSCCSc1ccc(C(C)N)cc1. The summed E-state index contributed by atoms with van der Waals surface area (Å²) in [5.74, 6) is 2.39. The maximum Gasteiger partial charge on any atom is 0.0266 e. The molecule has 0 radical (unpaired) electrons. The van der Waals surface area contributed by atoms with E-state index in [1.54, 1.807) is 0 Å². The minimum Gasteiger partial charge on any atom is -0.324 e.